The molecule has 0 spiro atoms. The molecule has 1 atom stereocenters. The number of aromatic nitrogens is 2. The molecular weight excluding hydrogens is 517 g/mol. The molecule has 0 saturated heterocycles. The maximum absolute atomic E-state index is 5.75. The Balaban J connectivity index is 0.00000363. The minimum Gasteiger partial charge on any atom is -0.490 e. The quantitative estimate of drug-likeness (QED) is 0.230. The molecule has 0 radical (unpaired) electrons. The number of benzene rings is 2. The van der Waals surface area contributed by atoms with Crippen molar-refractivity contribution in [1.82, 2.24) is 20.4 Å². The van der Waals surface area contributed by atoms with Crippen LogP contribution in [0.1, 0.15) is 37.9 Å². The second kappa shape index (κ2) is 12.9. The molecule has 3 aromatic rings. The average Bonchev–Trinajstić information content (AvgIpc) is 3.33. The molecule has 0 bridgehead atoms. The number of ether oxygens (including phenoxy) is 2. The van der Waals surface area contributed by atoms with E-state index >= 15 is 0 Å². The Morgan fingerprint density at radius 1 is 1.06 bits per heavy atom. The summed E-state index contributed by atoms with van der Waals surface area (Å²) in [6.07, 6.45) is 3.70. The first-order valence-electron chi connectivity index (χ1n) is 10.6. The van der Waals surface area contributed by atoms with Crippen molar-refractivity contribution in [1.29, 1.82) is 0 Å². The van der Waals surface area contributed by atoms with Gasteiger partial charge in [-0.25, -0.2) is 4.68 Å². The van der Waals surface area contributed by atoms with Crippen LogP contribution < -0.4 is 20.1 Å². The van der Waals surface area contributed by atoms with Crippen molar-refractivity contribution in [3.63, 3.8) is 0 Å². The lowest BCUT2D eigenvalue weighted by Crippen LogP contribution is -2.38. The summed E-state index contributed by atoms with van der Waals surface area (Å²) in [4.78, 5) is 4.36. The summed E-state index contributed by atoms with van der Waals surface area (Å²) >= 11 is 0. The lowest BCUT2D eigenvalue weighted by molar-refractivity contribution is 0.287. The minimum atomic E-state index is 0. The van der Waals surface area contributed by atoms with Gasteiger partial charge in [-0.05, 0) is 62.2 Å². The molecule has 172 valence electrons. The van der Waals surface area contributed by atoms with Gasteiger partial charge in [0, 0.05) is 26.0 Å². The van der Waals surface area contributed by atoms with E-state index in [1.165, 1.54) is 0 Å². The molecule has 0 fully saturated rings. The molecule has 8 heteroatoms. The lowest BCUT2D eigenvalue weighted by atomic mass is 10.1. The zero-order valence-corrected chi connectivity index (χ0v) is 21.4. The summed E-state index contributed by atoms with van der Waals surface area (Å²) in [5, 5.41) is 11.1. The molecule has 1 heterocycles. The predicted octanol–water partition coefficient (Wildman–Crippen LogP) is 4.71. The van der Waals surface area contributed by atoms with E-state index in [2.05, 4.69) is 51.9 Å². The monoisotopic (exact) mass is 549 g/mol. The molecule has 0 aliphatic carbocycles. The first-order valence-corrected chi connectivity index (χ1v) is 10.6. The van der Waals surface area contributed by atoms with Crippen LogP contribution in [0.5, 0.6) is 11.5 Å². The van der Waals surface area contributed by atoms with E-state index in [0.29, 0.717) is 19.8 Å². The summed E-state index contributed by atoms with van der Waals surface area (Å²) in [6.45, 7) is 7.89. The van der Waals surface area contributed by atoms with Gasteiger partial charge in [0.1, 0.15) is 0 Å². The van der Waals surface area contributed by atoms with Crippen LogP contribution in [-0.2, 0) is 6.54 Å². The van der Waals surface area contributed by atoms with Gasteiger partial charge in [0.25, 0.3) is 0 Å². The molecule has 32 heavy (non-hydrogen) atoms. The van der Waals surface area contributed by atoms with E-state index < -0.39 is 0 Å². The van der Waals surface area contributed by atoms with Gasteiger partial charge >= 0.3 is 0 Å². The smallest absolute Gasteiger partial charge is 0.191 e. The van der Waals surface area contributed by atoms with Crippen molar-refractivity contribution in [2.75, 3.05) is 20.3 Å². The fourth-order valence-corrected chi connectivity index (χ4v) is 3.19. The number of hydrogen-bond donors (Lipinski definition) is 2. The third kappa shape index (κ3) is 6.88. The van der Waals surface area contributed by atoms with Crippen LogP contribution in [0.4, 0.5) is 0 Å². The number of nitrogens with one attached hydrogen (secondary N) is 2. The maximum atomic E-state index is 5.75. The average molecular weight is 549 g/mol. The van der Waals surface area contributed by atoms with Crippen LogP contribution in [0.25, 0.3) is 5.69 Å². The standard InChI is InChI=1S/C24H31N5O2.HI/c1-5-30-22-13-10-20(16-23(22)31-6-2)18(3)28-24(25-4)26-17-19-8-11-21(12-9-19)29-15-7-14-27-29;/h7-16,18H,5-6,17H2,1-4H3,(H2,25,26,28);1H. The Bertz CT molecular complexity index is 975. The molecular formula is C24H32IN5O2. The number of guanidine groups is 1. The molecule has 1 unspecified atom stereocenters. The first kappa shape index (κ1) is 25.5. The van der Waals surface area contributed by atoms with Crippen molar-refractivity contribution in [3.05, 3.63) is 72.1 Å². The molecule has 2 N–H and O–H groups in total. The van der Waals surface area contributed by atoms with Crippen LogP contribution in [-0.4, -0.2) is 36.0 Å². The Morgan fingerprint density at radius 2 is 1.78 bits per heavy atom. The zero-order chi connectivity index (χ0) is 22.1. The topological polar surface area (TPSA) is 72.7 Å². The van der Waals surface area contributed by atoms with E-state index in [1.54, 1.807) is 13.2 Å². The number of halogens is 1. The molecule has 0 aliphatic rings. The lowest BCUT2D eigenvalue weighted by Gasteiger charge is -2.20. The third-order valence-corrected chi connectivity index (χ3v) is 4.81. The van der Waals surface area contributed by atoms with E-state index in [0.717, 1.165) is 34.3 Å². The molecule has 3 rings (SSSR count). The fraction of sp³-hybridized carbons (Fsp3) is 0.333. The predicted molar refractivity (Wildman–Crippen MR) is 140 cm³/mol. The van der Waals surface area contributed by atoms with Crippen molar-refractivity contribution in [3.8, 4) is 17.2 Å². The minimum absolute atomic E-state index is 0. The first-order chi connectivity index (χ1) is 15.1. The Hall–Kier alpha value is -2.75. The van der Waals surface area contributed by atoms with Crippen molar-refractivity contribution in [2.45, 2.75) is 33.4 Å². The Morgan fingerprint density at radius 3 is 2.41 bits per heavy atom. The summed E-state index contributed by atoms with van der Waals surface area (Å²) in [6, 6.07) is 16.3. The van der Waals surface area contributed by atoms with Crippen LogP contribution in [0.15, 0.2) is 65.9 Å². The molecule has 0 amide bonds. The van der Waals surface area contributed by atoms with Crippen LogP contribution in [0.2, 0.25) is 0 Å². The van der Waals surface area contributed by atoms with E-state index in [1.807, 2.05) is 49.0 Å². The normalized spacial score (nSPS) is 11.9. The summed E-state index contributed by atoms with van der Waals surface area (Å²) in [7, 11) is 1.77. The summed E-state index contributed by atoms with van der Waals surface area (Å²) in [5.74, 6) is 2.26. The molecule has 7 nitrogen and oxygen atoms in total. The van der Waals surface area contributed by atoms with E-state index in [4.69, 9.17) is 9.47 Å². The molecule has 1 aromatic heterocycles. The SMILES string of the molecule is CCOc1ccc(C(C)NC(=NC)NCc2ccc(-n3cccn3)cc2)cc1OCC.I. The number of nitrogens with zero attached hydrogens (tertiary/aromatic N) is 3. The molecule has 2 aromatic carbocycles. The number of aliphatic imine (C=N–C) groups is 1. The maximum Gasteiger partial charge on any atom is 0.191 e. The van der Waals surface area contributed by atoms with Crippen LogP contribution in [0.3, 0.4) is 0 Å². The van der Waals surface area contributed by atoms with Gasteiger partial charge in [-0.3, -0.25) is 4.99 Å². The highest BCUT2D eigenvalue weighted by molar-refractivity contribution is 14.0. The highest BCUT2D eigenvalue weighted by Gasteiger charge is 2.12. The Labute approximate surface area is 207 Å². The van der Waals surface area contributed by atoms with Gasteiger partial charge in [-0.1, -0.05) is 18.2 Å². The Kier molecular flexibility index (Phi) is 10.3. The fourth-order valence-electron chi connectivity index (χ4n) is 3.19. The summed E-state index contributed by atoms with van der Waals surface area (Å²) in [5.41, 5.74) is 3.29. The number of rotatable bonds is 9. The highest BCUT2D eigenvalue weighted by Crippen LogP contribution is 2.30. The largest absolute Gasteiger partial charge is 0.490 e. The van der Waals surface area contributed by atoms with Crippen LogP contribution in [0, 0.1) is 0 Å². The van der Waals surface area contributed by atoms with Gasteiger partial charge in [-0.15, -0.1) is 24.0 Å². The zero-order valence-electron chi connectivity index (χ0n) is 19.0. The second-order valence-corrected chi connectivity index (χ2v) is 6.98. The van der Waals surface area contributed by atoms with Gasteiger partial charge in [0.15, 0.2) is 17.5 Å². The van der Waals surface area contributed by atoms with Gasteiger partial charge in [0.05, 0.1) is 24.9 Å². The van der Waals surface area contributed by atoms with Crippen molar-refractivity contribution >= 4 is 29.9 Å². The van der Waals surface area contributed by atoms with Gasteiger partial charge in [-0.2, -0.15) is 5.10 Å². The van der Waals surface area contributed by atoms with Gasteiger partial charge in [0.2, 0.25) is 0 Å². The van der Waals surface area contributed by atoms with Crippen LogP contribution >= 0.6 is 24.0 Å². The number of hydrogen-bond acceptors (Lipinski definition) is 4. The molecule has 0 aliphatic heterocycles. The molecule has 0 saturated carbocycles. The van der Waals surface area contributed by atoms with Crippen molar-refractivity contribution in [2.24, 2.45) is 4.99 Å². The summed E-state index contributed by atoms with van der Waals surface area (Å²) < 4.78 is 13.2. The van der Waals surface area contributed by atoms with E-state index in [9.17, 15) is 0 Å². The van der Waals surface area contributed by atoms with Gasteiger partial charge < -0.3 is 20.1 Å². The van der Waals surface area contributed by atoms with E-state index in [-0.39, 0.29) is 30.0 Å². The second-order valence-electron chi connectivity index (χ2n) is 6.98. The van der Waals surface area contributed by atoms with Crippen molar-refractivity contribution < 1.29 is 9.47 Å². The highest BCUT2D eigenvalue weighted by atomic mass is 127. The third-order valence-electron chi connectivity index (χ3n) is 4.81.